The van der Waals surface area contributed by atoms with Crippen molar-refractivity contribution >= 4 is 17.4 Å². The third-order valence-corrected chi connectivity index (χ3v) is 2.72. The molecule has 12 heavy (non-hydrogen) atoms. The average molecular weight is 181 g/mol. The maximum atomic E-state index is 5.78. The van der Waals surface area contributed by atoms with Gasteiger partial charge in [0.1, 0.15) is 0 Å². The first-order valence-electron chi connectivity index (χ1n) is 4.08. The van der Waals surface area contributed by atoms with Gasteiger partial charge in [0.15, 0.2) is 0 Å². The third kappa shape index (κ3) is 1.95. The number of nitrogens with two attached hydrogens (primary N) is 1. The van der Waals surface area contributed by atoms with Crippen LogP contribution in [0, 0.1) is 0 Å². The molecule has 1 nitrogen and oxygen atoms in total. The highest BCUT2D eigenvalue weighted by molar-refractivity contribution is 7.98. The molecule has 0 bridgehead atoms. The van der Waals surface area contributed by atoms with Crippen LogP contribution < -0.4 is 5.73 Å². The van der Waals surface area contributed by atoms with Crippen LogP contribution in [0.4, 0.5) is 5.69 Å². The maximum Gasteiger partial charge on any atom is 0.0452 e. The molecule has 0 aliphatic heterocycles. The lowest BCUT2D eigenvalue weighted by atomic mass is 10.0. The van der Waals surface area contributed by atoms with Crippen LogP contribution in [-0.2, 0) is 0 Å². The van der Waals surface area contributed by atoms with Crippen LogP contribution in [0.15, 0.2) is 23.1 Å². The van der Waals surface area contributed by atoms with Gasteiger partial charge < -0.3 is 5.73 Å². The number of thioether (sulfide) groups is 1. The van der Waals surface area contributed by atoms with Gasteiger partial charge in [-0.25, -0.2) is 0 Å². The lowest BCUT2D eigenvalue weighted by Gasteiger charge is -2.08. The van der Waals surface area contributed by atoms with Gasteiger partial charge in [0.05, 0.1) is 0 Å². The number of anilines is 1. The third-order valence-electron chi connectivity index (χ3n) is 1.92. The minimum absolute atomic E-state index is 0.580. The molecule has 2 N–H and O–H groups in total. The van der Waals surface area contributed by atoms with E-state index < -0.39 is 0 Å². The number of hydrogen-bond acceptors (Lipinski definition) is 2. The van der Waals surface area contributed by atoms with Crippen LogP contribution in [0.2, 0.25) is 0 Å². The average Bonchev–Trinajstić information content (AvgIpc) is 2.05. The molecular formula is C10H15NS. The van der Waals surface area contributed by atoms with E-state index in [1.54, 1.807) is 11.8 Å². The zero-order valence-corrected chi connectivity index (χ0v) is 8.61. The van der Waals surface area contributed by atoms with Gasteiger partial charge in [0.25, 0.3) is 0 Å². The highest BCUT2D eigenvalue weighted by atomic mass is 32.2. The minimum atomic E-state index is 0.580. The Kier molecular flexibility index (Phi) is 3.04. The SMILES string of the molecule is CSc1cc(C(C)C)ccc1N. The lowest BCUT2D eigenvalue weighted by Crippen LogP contribution is -1.92. The number of hydrogen-bond donors (Lipinski definition) is 1. The number of nitrogen functional groups attached to an aromatic ring is 1. The van der Waals surface area contributed by atoms with E-state index in [2.05, 4.69) is 32.2 Å². The Balaban J connectivity index is 3.05. The lowest BCUT2D eigenvalue weighted by molar-refractivity contribution is 0.863. The Morgan fingerprint density at radius 1 is 1.33 bits per heavy atom. The van der Waals surface area contributed by atoms with Crippen LogP contribution in [0.25, 0.3) is 0 Å². The fourth-order valence-electron chi connectivity index (χ4n) is 1.09. The smallest absolute Gasteiger partial charge is 0.0452 e. The summed E-state index contributed by atoms with van der Waals surface area (Å²) in [7, 11) is 0. The van der Waals surface area contributed by atoms with Gasteiger partial charge >= 0.3 is 0 Å². The minimum Gasteiger partial charge on any atom is -0.398 e. The molecule has 66 valence electrons. The predicted molar refractivity (Wildman–Crippen MR) is 56.7 cm³/mol. The maximum absolute atomic E-state index is 5.78. The van der Waals surface area contributed by atoms with Crippen molar-refractivity contribution in [3.63, 3.8) is 0 Å². The van der Waals surface area contributed by atoms with Gasteiger partial charge in [-0.05, 0) is 29.9 Å². The predicted octanol–water partition coefficient (Wildman–Crippen LogP) is 3.11. The molecule has 0 aliphatic rings. The van der Waals surface area contributed by atoms with Crippen LogP contribution in [-0.4, -0.2) is 6.26 Å². The Hall–Kier alpha value is -0.630. The van der Waals surface area contributed by atoms with E-state index in [9.17, 15) is 0 Å². The summed E-state index contributed by atoms with van der Waals surface area (Å²) in [4.78, 5) is 1.18. The second-order valence-electron chi connectivity index (χ2n) is 3.16. The van der Waals surface area contributed by atoms with Crippen molar-refractivity contribution in [1.29, 1.82) is 0 Å². The molecule has 0 fully saturated rings. The fraction of sp³-hybridized carbons (Fsp3) is 0.400. The second-order valence-corrected chi connectivity index (χ2v) is 4.00. The summed E-state index contributed by atoms with van der Waals surface area (Å²) < 4.78 is 0. The zero-order valence-electron chi connectivity index (χ0n) is 7.79. The Morgan fingerprint density at radius 2 is 2.00 bits per heavy atom. The molecule has 1 aromatic rings. The highest BCUT2D eigenvalue weighted by Gasteiger charge is 2.02. The van der Waals surface area contributed by atoms with Crippen LogP contribution in [0.5, 0.6) is 0 Å². The molecule has 2 heteroatoms. The van der Waals surface area contributed by atoms with Crippen molar-refractivity contribution in [2.24, 2.45) is 0 Å². The summed E-state index contributed by atoms with van der Waals surface area (Å²) in [6.07, 6.45) is 2.05. The number of rotatable bonds is 2. The summed E-state index contributed by atoms with van der Waals surface area (Å²) in [5.41, 5.74) is 8.02. The van der Waals surface area contributed by atoms with Crippen molar-refractivity contribution in [3.8, 4) is 0 Å². The molecule has 1 rings (SSSR count). The standard InChI is InChI=1S/C10H15NS/c1-7(2)8-4-5-9(11)10(6-8)12-3/h4-7H,11H2,1-3H3. The Bertz CT molecular complexity index is 269. The summed E-state index contributed by atoms with van der Waals surface area (Å²) in [6.45, 7) is 4.38. The molecule has 0 unspecified atom stereocenters. The van der Waals surface area contributed by atoms with E-state index in [1.165, 1.54) is 10.5 Å². The molecule has 0 saturated carbocycles. The van der Waals surface area contributed by atoms with Crippen LogP contribution >= 0.6 is 11.8 Å². The van der Waals surface area contributed by atoms with Crippen molar-refractivity contribution in [1.82, 2.24) is 0 Å². The summed E-state index contributed by atoms with van der Waals surface area (Å²) in [5, 5.41) is 0. The van der Waals surface area contributed by atoms with E-state index in [-0.39, 0.29) is 0 Å². The van der Waals surface area contributed by atoms with E-state index in [0.29, 0.717) is 5.92 Å². The Labute approximate surface area is 78.4 Å². The first kappa shape index (κ1) is 9.46. The summed E-state index contributed by atoms with van der Waals surface area (Å²) in [5.74, 6) is 0.580. The normalized spacial score (nSPS) is 10.7. The van der Waals surface area contributed by atoms with Gasteiger partial charge in [0.2, 0.25) is 0 Å². The number of benzene rings is 1. The molecule has 0 saturated heterocycles. The fourth-order valence-corrected chi connectivity index (χ4v) is 1.64. The molecule has 0 amide bonds. The monoisotopic (exact) mass is 181 g/mol. The molecule has 1 aromatic carbocycles. The van der Waals surface area contributed by atoms with Gasteiger partial charge in [-0.2, -0.15) is 0 Å². The van der Waals surface area contributed by atoms with E-state index >= 15 is 0 Å². The van der Waals surface area contributed by atoms with E-state index in [0.717, 1.165) is 5.69 Å². The first-order chi connectivity index (χ1) is 5.65. The quantitative estimate of drug-likeness (QED) is 0.560. The zero-order chi connectivity index (χ0) is 9.14. The Morgan fingerprint density at radius 3 is 2.50 bits per heavy atom. The van der Waals surface area contributed by atoms with E-state index in [4.69, 9.17) is 5.73 Å². The largest absolute Gasteiger partial charge is 0.398 e. The van der Waals surface area contributed by atoms with Gasteiger partial charge in [0, 0.05) is 10.6 Å². The molecular weight excluding hydrogens is 166 g/mol. The van der Waals surface area contributed by atoms with Crippen LogP contribution in [0.1, 0.15) is 25.3 Å². The molecule has 0 atom stereocenters. The van der Waals surface area contributed by atoms with Gasteiger partial charge in [-0.1, -0.05) is 19.9 Å². The summed E-state index contributed by atoms with van der Waals surface area (Å²) in [6, 6.07) is 6.26. The van der Waals surface area contributed by atoms with Crippen molar-refractivity contribution < 1.29 is 0 Å². The molecule has 0 aliphatic carbocycles. The highest BCUT2D eigenvalue weighted by Crippen LogP contribution is 2.26. The van der Waals surface area contributed by atoms with Crippen molar-refractivity contribution in [2.45, 2.75) is 24.7 Å². The van der Waals surface area contributed by atoms with Gasteiger partial charge in [-0.15, -0.1) is 11.8 Å². The molecule has 0 radical (unpaired) electrons. The van der Waals surface area contributed by atoms with E-state index in [1.807, 2.05) is 6.07 Å². The second kappa shape index (κ2) is 3.85. The van der Waals surface area contributed by atoms with Crippen molar-refractivity contribution in [3.05, 3.63) is 23.8 Å². The molecule has 0 aromatic heterocycles. The van der Waals surface area contributed by atoms with Crippen molar-refractivity contribution in [2.75, 3.05) is 12.0 Å². The first-order valence-corrected chi connectivity index (χ1v) is 5.31. The van der Waals surface area contributed by atoms with Gasteiger partial charge in [-0.3, -0.25) is 0 Å². The summed E-state index contributed by atoms with van der Waals surface area (Å²) >= 11 is 1.70. The molecule has 0 spiro atoms. The van der Waals surface area contributed by atoms with Crippen LogP contribution in [0.3, 0.4) is 0 Å². The topological polar surface area (TPSA) is 26.0 Å². The molecule has 0 heterocycles.